The van der Waals surface area contributed by atoms with Gasteiger partial charge in [-0.3, -0.25) is 9.36 Å². The van der Waals surface area contributed by atoms with Crippen LogP contribution >= 0.6 is 15.9 Å². The quantitative estimate of drug-likeness (QED) is 0.184. The number of halogens is 4. The van der Waals surface area contributed by atoms with Crippen LogP contribution in [-0.2, 0) is 20.0 Å². The van der Waals surface area contributed by atoms with Crippen LogP contribution in [0.4, 0.5) is 19.0 Å². The summed E-state index contributed by atoms with van der Waals surface area (Å²) in [5.41, 5.74) is 3.64. The van der Waals surface area contributed by atoms with Crippen LogP contribution in [0.15, 0.2) is 47.3 Å². The largest absolute Gasteiger partial charge is 0.478 e. The van der Waals surface area contributed by atoms with Crippen LogP contribution in [-0.4, -0.2) is 35.9 Å². The number of hydrogen-bond donors (Lipinski definition) is 0. The molecular weight excluding hydrogens is 557 g/mol. The SMILES string of the molecule is Cc1nn(CC(F)F)cc1Cc1cn(C)nc1-c1ccc(F)cc1[C@@H](C)Oc1cc(Br)cnc1[N+](=O)[O-]. The smallest absolute Gasteiger partial charge is 0.406 e. The molecule has 0 spiro atoms. The minimum atomic E-state index is -2.53. The maximum atomic E-state index is 14.4. The summed E-state index contributed by atoms with van der Waals surface area (Å²) in [7, 11) is 1.74. The molecule has 0 radical (unpaired) electrons. The van der Waals surface area contributed by atoms with Crippen LogP contribution in [0.25, 0.3) is 11.3 Å². The molecule has 9 nitrogen and oxygen atoms in total. The first kappa shape index (κ1) is 26.3. The van der Waals surface area contributed by atoms with Gasteiger partial charge in [-0.25, -0.2) is 13.2 Å². The molecule has 194 valence electrons. The Morgan fingerprint density at radius 2 is 1.95 bits per heavy atom. The molecule has 0 aliphatic carbocycles. The maximum Gasteiger partial charge on any atom is 0.406 e. The van der Waals surface area contributed by atoms with Crippen LogP contribution in [0.2, 0.25) is 0 Å². The van der Waals surface area contributed by atoms with Crippen molar-refractivity contribution in [3.63, 3.8) is 0 Å². The number of rotatable bonds is 9. The summed E-state index contributed by atoms with van der Waals surface area (Å²) in [4.78, 5) is 14.6. The lowest BCUT2D eigenvalue weighted by atomic mass is 9.96. The van der Waals surface area contributed by atoms with Gasteiger partial charge in [-0.05, 0) is 63.4 Å². The Morgan fingerprint density at radius 3 is 2.65 bits per heavy atom. The average molecular weight is 579 g/mol. The van der Waals surface area contributed by atoms with Gasteiger partial charge in [0.25, 0.3) is 6.43 Å². The van der Waals surface area contributed by atoms with Gasteiger partial charge in [-0.1, -0.05) is 0 Å². The molecule has 3 aromatic heterocycles. The summed E-state index contributed by atoms with van der Waals surface area (Å²) >= 11 is 3.23. The predicted octanol–water partition coefficient (Wildman–Crippen LogP) is 5.79. The first-order valence-corrected chi connectivity index (χ1v) is 11.9. The molecule has 0 amide bonds. The fraction of sp³-hybridized carbons (Fsp3) is 0.292. The minimum absolute atomic E-state index is 0.0783. The Balaban J connectivity index is 1.72. The summed E-state index contributed by atoms with van der Waals surface area (Å²) in [5.74, 6) is -1.06. The monoisotopic (exact) mass is 578 g/mol. The first-order valence-electron chi connectivity index (χ1n) is 11.1. The second-order valence-electron chi connectivity index (χ2n) is 8.43. The van der Waals surface area contributed by atoms with E-state index in [1.54, 1.807) is 44.0 Å². The number of hydrogen-bond acceptors (Lipinski definition) is 6. The molecular formula is C24H22BrF3N6O3. The lowest BCUT2D eigenvalue weighted by molar-refractivity contribution is -0.390. The van der Waals surface area contributed by atoms with E-state index in [1.165, 1.54) is 29.1 Å². The molecule has 3 heterocycles. The molecule has 1 atom stereocenters. The number of pyridine rings is 1. The molecule has 1 aromatic carbocycles. The highest BCUT2D eigenvalue weighted by Crippen LogP contribution is 2.36. The summed E-state index contributed by atoms with van der Waals surface area (Å²) in [6.45, 7) is 2.88. The fourth-order valence-electron chi connectivity index (χ4n) is 4.04. The van der Waals surface area contributed by atoms with Gasteiger partial charge >= 0.3 is 5.82 Å². The van der Waals surface area contributed by atoms with E-state index in [0.29, 0.717) is 33.4 Å². The zero-order chi connectivity index (χ0) is 26.9. The highest BCUT2D eigenvalue weighted by Gasteiger charge is 2.24. The van der Waals surface area contributed by atoms with Crippen LogP contribution < -0.4 is 4.74 Å². The van der Waals surface area contributed by atoms with Gasteiger partial charge in [-0.2, -0.15) is 10.2 Å². The van der Waals surface area contributed by atoms with Crippen molar-refractivity contribution in [2.45, 2.75) is 39.3 Å². The van der Waals surface area contributed by atoms with Crippen LogP contribution in [0.5, 0.6) is 5.75 Å². The van der Waals surface area contributed by atoms with E-state index in [9.17, 15) is 23.3 Å². The molecule has 0 saturated carbocycles. The van der Waals surface area contributed by atoms with E-state index >= 15 is 0 Å². The Morgan fingerprint density at radius 1 is 1.19 bits per heavy atom. The van der Waals surface area contributed by atoms with Crippen molar-refractivity contribution in [2.75, 3.05) is 0 Å². The van der Waals surface area contributed by atoms with Gasteiger partial charge in [0, 0.05) is 48.6 Å². The lowest BCUT2D eigenvalue weighted by Crippen LogP contribution is -2.08. The molecule has 0 N–H and O–H groups in total. The summed E-state index contributed by atoms with van der Waals surface area (Å²) < 4.78 is 49.2. The third kappa shape index (κ3) is 5.98. The van der Waals surface area contributed by atoms with Crippen molar-refractivity contribution in [2.24, 2.45) is 7.05 Å². The number of ether oxygens (including phenoxy) is 1. The highest BCUT2D eigenvalue weighted by atomic mass is 79.9. The molecule has 0 aliphatic rings. The number of benzene rings is 1. The van der Waals surface area contributed by atoms with Crippen molar-refractivity contribution in [3.05, 3.63) is 85.6 Å². The zero-order valence-electron chi connectivity index (χ0n) is 20.0. The Labute approximate surface area is 218 Å². The number of alkyl halides is 2. The lowest BCUT2D eigenvalue weighted by Gasteiger charge is -2.18. The number of aromatic nitrogens is 5. The van der Waals surface area contributed by atoms with E-state index in [2.05, 4.69) is 31.1 Å². The van der Waals surface area contributed by atoms with Crippen LogP contribution in [0, 0.1) is 22.9 Å². The van der Waals surface area contributed by atoms with Gasteiger partial charge in [-0.15, -0.1) is 0 Å². The van der Waals surface area contributed by atoms with Crippen molar-refractivity contribution in [1.82, 2.24) is 24.5 Å². The van der Waals surface area contributed by atoms with Gasteiger partial charge in [0.1, 0.15) is 18.5 Å². The number of aryl methyl sites for hydroxylation is 2. The van der Waals surface area contributed by atoms with Gasteiger partial charge in [0.15, 0.2) is 6.20 Å². The zero-order valence-corrected chi connectivity index (χ0v) is 21.6. The van der Waals surface area contributed by atoms with Crippen molar-refractivity contribution in [3.8, 4) is 17.0 Å². The van der Waals surface area contributed by atoms with Crippen LogP contribution in [0.1, 0.15) is 35.4 Å². The topological polar surface area (TPSA) is 101 Å². The molecule has 4 rings (SSSR count). The Kier molecular flexibility index (Phi) is 7.62. The van der Waals surface area contributed by atoms with Crippen molar-refractivity contribution in [1.29, 1.82) is 0 Å². The number of nitrogens with zero attached hydrogens (tertiary/aromatic N) is 6. The fourth-order valence-corrected chi connectivity index (χ4v) is 4.35. The van der Waals surface area contributed by atoms with E-state index in [-0.39, 0.29) is 5.75 Å². The normalized spacial score (nSPS) is 12.2. The van der Waals surface area contributed by atoms with Gasteiger partial charge in [0.2, 0.25) is 5.75 Å². The molecule has 13 heteroatoms. The maximum absolute atomic E-state index is 14.4. The molecule has 0 fully saturated rings. The summed E-state index contributed by atoms with van der Waals surface area (Å²) in [6.07, 6.45) is 1.67. The molecule has 37 heavy (non-hydrogen) atoms. The Hall–Kier alpha value is -3.74. The second kappa shape index (κ2) is 10.7. The Bertz CT molecular complexity index is 1460. The first-order chi connectivity index (χ1) is 17.5. The average Bonchev–Trinajstić information content (AvgIpc) is 3.34. The van der Waals surface area contributed by atoms with E-state index in [1.807, 2.05) is 0 Å². The van der Waals surface area contributed by atoms with E-state index < -0.39 is 35.6 Å². The predicted molar refractivity (Wildman–Crippen MR) is 132 cm³/mol. The van der Waals surface area contributed by atoms with Crippen molar-refractivity contribution >= 4 is 21.7 Å². The minimum Gasteiger partial charge on any atom is -0.478 e. The standard InChI is InChI=1S/C24H22BrF3N6O3/c1-13-15(11-33(30-13)12-22(27)28)6-16-10-32(3)31-23(16)19-5-4-18(26)8-20(19)14(2)37-21-7-17(25)9-29-24(21)34(35)36/h4-5,7-11,14,22H,6,12H2,1-3H3/t14-/m1/s1. The molecule has 0 unspecified atom stereocenters. The second-order valence-corrected chi connectivity index (χ2v) is 9.35. The summed E-state index contributed by atoms with van der Waals surface area (Å²) in [5, 5.41) is 20.2. The molecule has 4 aromatic rings. The molecule has 0 bridgehead atoms. The van der Waals surface area contributed by atoms with Crippen LogP contribution in [0.3, 0.4) is 0 Å². The van der Waals surface area contributed by atoms with Gasteiger partial charge < -0.3 is 14.9 Å². The highest BCUT2D eigenvalue weighted by molar-refractivity contribution is 9.10. The molecule has 0 saturated heterocycles. The third-order valence-corrected chi connectivity index (χ3v) is 6.08. The van der Waals surface area contributed by atoms with E-state index in [4.69, 9.17) is 4.74 Å². The van der Waals surface area contributed by atoms with E-state index in [0.717, 1.165) is 11.1 Å². The van der Waals surface area contributed by atoms with Gasteiger partial charge in [0.05, 0.1) is 15.9 Å². The molecule has 0 aliphatic heterocycles. The van der Waals surface area contributed by atoms with Crippen molar-refractivity contribution < 1.29 is 22.8 Å². The third-order valence-electron chi connectivity index (χ3n) is 5.64. The number of nitro groups is 1. The summed E-state index contributed by atoms with van der Waals surface area (Å²) in [6, 6.07) is 5.57.